The van der Waals surface area contributed by atoms with E-state index >= 15 is 0 Å². The van der Waals surface area contributed by atoms with Crippen molar-refractivity contribution in [1.82, 2.24) is 10.1 Å². The molecule has 0 bridgehead atoms. The van der Waals surface area contributed by atoms with Crippen LogP contribution in [0.5, 0.6) is 0 Å². The van der Waals surface area contributed by atoms with Gasteiger partial charge in [-0.15, -0.1) is 0 Å². The molecule has 0 aliphatic heterocycles. The smallest absolute Gasteiger partial charge is 0.259 e. The fourth-order valence-corrected chi connectivity index (χ4v) is 2.48. The minimum Gasteiger partial charge on any atom is -0.378 e. The van der Waals surface area contributed by atoms with Crippen LogP contribution in [0.3, 0.4) is 0 Å². The number of hydrogen-bond donors (Lipinski definition) is 0. The Kier molecular flexibility index (Phi) is 5.08. The molecule has 0 fully saturated rings. The first kappa shape index (κ1) is 17.1. The lowest BCUT2D eigenvalue weighted by Crippen LogP contribution is -2.27. The summed E-state index contributed by atoms with van der Waals surface area (Å²) in [5, 5.41) is 3.95. The average molecular weight is 315 g/mol. The van der Waals surface area contributed by atoms with Crippen LogP contribution in [0.4, 0.5) is 5.69 Å². The molecule has 2 aromatic rings. The van der Waals surface area contributed by atoms with Crippen LogP contribution in [0.2, 0.25) is 0 Å². The Hall–Kier alpha value is -2.30. The molecule has 0 aliphatic rings. The summed E-state index contributed by atoms with van der Waals surface area (Å²) in [6.07, 6.45) is 0. The lowest BCUT2D eigenvalue weighted by atomic mass is 10.0. The Bertz CT molecular complexity index is 672. The average Bonchev–Trinajstić information content (AvgIpc) is 2.88. The fraction of sp³-hybridized carbons (Fsp3) is 0.444. The maximum Gasteiger partial charge on any atom is 0.259 e. The summed E-state index contributed by atoms with van der Waals surface area (Å²) < 4.78 is 5.32. The summed E-state index contributed by atoms with van der Waals surface area (Å²) in [7, 11) is 5.82. The SMILES string of the molecule is Cc1noc(C(C)C)c1C(=O)N(C)Cc1ccc(N(C)C)cc1. The molecule has 0 saturated carbocycles. The van der Waals surface area contributed by atoms with Gasteiger partial charge in [-0.3, -0.25) is 4.79 Å². The van der Waals surface area contributed by atoms with Crippen molar-refractivity contribution in [2.45, 2.75) is 33.2 Å². The van der Waals surface area contributed by atoms with Gasteiger partial charge in [-0.1, -0.05) is 31.1 Å². The zero-order chi connectivity index (χ0) is 17.1. The van der Waals surface area contributed by atoms with Crippen LogP contribution < -0.4 is 4.90 Å². The summed E-state index contributed by atoms with van der Waals surface area (Å²) in [5.41, 5.74) is 3.47. The van der Waals surface area contributed by atoms with E-state index in [0.29, 0.717) is 23.6 Å². The van der Waals surface area contributed by atoms with Crippen LogP contribution in [0.25, 0.3) is 0 Å². The van der Waals surface area contributed by atoms with Crippen LogP contribution >= 0.6 is 0 Å². The molecule has 0 aliphatic carbocycles. The standard InChI is InChI=1S/C18H25N3O2/c1-12(2)17-16(13(3)19-23-17)18(22)21(6)11-14-7-9-15(10-8-14)20(4)5/h7-10,12H,11H2,1-6H3. The Morgan fingerprint density at radius 3 is 2.30 bits per heavy atom. The fourth-order valence-electron chi connectivity index (χ4n) is 2.48. The minimum absolute atomic E-state index is 0.0517. The normalized spacial score (nSPS) is 10.9. The number of benzene rings is 1. The van der Waals surface area contributed by atoms with Gasteiger partial charge in [0.05, 0.1) is 5.69 Å². The zero-order valence-electron chi connectivity index (χ0n) is 14.8. The Labute approximate surface area is 137 Å². The quantitative estimate of drug-likeness (QED) is 0.848. The lowest BCUT2D eigenvalue weighted by Gasteiger charge is -2.19. The third kappa shape index (κ3) is 3.73. The topological polar surface area (TPSA) is 49.6 Å². The Morgan fingerprint density at radius 2 is 1.78 bits per heavy atom. The molecule has 1 aromatic heterocycles. The van der Waals surface area contributed by atoms with Crippen LogP contribution in [0, 0.1) is 6.92 Å². The molecule has 0 atom stereocenters. The first-order valence-corrected chi connectivity index (χ1v) is 7.79. The predicted molar refractivity (Wildman–Crippen MR) is 91.9 cm³/mol. The summed E-state index contributed by atoms with van der Waals surface area (Å²) in [6.45, 7) is 6.35. The number of aromatic nitrogens is 1. The maximum atomic E-state index is 12.7. The van der Waals surface area contributed by atoms with Crippen molar-refractivity contribution in [3.63, 3.8) is 0 Å². The minimum atomic E-state index is -0.0517. The van der Waals surface area contributed by atoms with E-state index in [0.717, 1.165) is 11.3 Å². The van der Waals surface area contributed by atoms with Crippen LogP contribution in [0.1, 0.15) is 47.1 Å². The van der Waals surface area contributed by atoms with Crippen molar-refractivity contribution in [2.75, 3.05) is 26.0 Å². The number of nitrogens with zero attached hydrogens (tertiary/aromatic N) is 3. The van der Waals surface area contributed by atoms with Gasteiger partial charge >= 0.3 is 0 Å². The van der Waals surface area contributed by atoms with Crippen LogP contribution in [0.15, 0.2) is 28.8 Å². The molecular weight excluding hydrogens is 290 g/mol. The Morgan fingerprint density at radius 1 is 1.17 bits per heavy atom. The molecule has 124 valence electrons. The van der Waals surface area contributed by atoms with Gasteiger partial charge in [0.2, 0.25) is 0 Å². The monoisotopic (exact) mass is 315 g/mol. The van der Waals surface area contributed by atoms with Gasteiger partial charge in [0.15, 0.2) is 5.76 Å². The van der Waals surface area contributed by atoms with Crippen molar-refractivity contribution in [3.8, 4) is 0 Å². The zero-order valence-corrected chi connectivity index (χ0v) is 14.8. The molecule has 0 unspecified atom stereocenters. The number of amides is 1. The lowest BCUT2D eigenvalue weighted by molar-refractivity contribution is 0.0781. The molecule has 0 spiro atoms. The number of anilines is 1. The summed E-state index contributed by atoms with van der Waals surface area (Å²) in [4.78, 5) is 16.5. The van der Waals surface area contributed by atoms with Gasteiger partial charge in [0.25, 0.3) is 5.91 Å². The Balaban J connectivity index is 2.16. The molecule has 1 aromatic carbocycles. The molecule has 5 nitrogen and oxygen atoms in total. The van der Waals surface area contributed by atoms with Crippen molar-refractivity contribution >= 4 is 11.6 Å². The number of aryl methyl sites for hydroxylation is 1. The second kappa shape index (κ2) is 6.86. The molecule has 1 heterocycles. The first-order chi connectivity index (χ1) is 10.8. The van der Waals surface area contributed by atoms with E-state index in [2.05, 4.69) is 17.3 Å². The highest BCUT2D eigenvalue weighted by Gasteiger charge is 2.25. The maximum absolute atomic E-state index is 12.7. The highest BCUT2D eigenvalue weighted by atomic mass is 16.5. The van der Waals surface area contributed by atoms with Crippen molar-refractivity contribution < 1.29 is 9.32 Å². The van der Waals surface area contributed by atoms with E-state index in [1.807, 2.05) is 51.9 Å². The van der Waals surface area contributed by atoms with Gasteiger partial charge in [-0.25, -0.2) is 0 Å². The van der Waals surface area contributed by atoms with Crippen LogP contribution in [-0.2, 0) is 6.54 Å². The van der Waals surface area contributed by atoms with Gasteiger partial charge < -0.3 is 14.3 Å². The van der Waals surface area contributed by atoms with Crippen molar-refractivity contribution in [2.24, 2.45) is 0 Å². The van der Waals surface area contributed by atoms with E-state index in [9.17, 15) is 4.79 Å². The molecule has 0 N–H and O–H groups in total. The predicted octanol–water partition coefficient (Wildman–Crippen LogP) is 3.44. The molecular formula is C18H25N3O2. The van der Waals surface area contributed by atoms with Crippen LogP contribution in [-0.4, -0.2) is 37.1 Å². The molecule has 0 saturated heterocycles. The largest absolute Gasteiger partial charge is 0.378 e. The number of carbonyl (C=O) groups excluding carboxylic acids is 1. The second-order valence-corrected chi connectivity index (χ2v) is 6.38. The second-order valence-electron chi connectivity index (χ2n) is 6.38. The third-order valence-electron chi connectivity index (χ3n) is 3.85. The summed E-state index contributed by atoms with van der Waals surface area (Å²) >= 11 is 0. The summed E-state index contributed by atoms with van der Waals surface area (Å²) in [6, 6.07) is 8.20. The molecule has 0 radical (unpaired) electrons. The first-order valence-electron chi connectivity index (χ1n) is 7.79. The number of rotatable bonds is 5. The molecule has 2 rings (SSSR count). The number of carbonyl (C=O) groups is 1. The highest BCUT2D eigenvalue weighted by Crippen LogP contribution is 2.24. The van der Waals surface area contributed by atoms with Gasteiger partial charge in [0.1, 0.15) is 5.56 Å². The molecule has 23 heavy (non-hydrogen) atoms. The van der Waals surface area contributed by atoms with E-state index < -0.39 is 0 Å². The van der Waals surface area contributed by atoms with E-state index in [-0.39, 0.29) is 11.8 Å². The third-order valence-corrected chi connectivity index (χ3v) is 3.85. The molecule has 1 amide bonds. The molecule has 5 heteroatoms. The van der Waals surface area contributed by atoms with Gasteiger partial charge in [-0.05, 0) is 24.6 Å². The van der Waals surface area contributed by atoms with Crippen molar-refractivity contribution in [3.05, 3.63) is 46.8 Å². The van der Waals surface area contributed by atoms with Gasteiger partial charge in [-0.2, -0.15) is 0 Å². The highest BCUT2D eigenvalue weighted by molar-refractivity contribution is 5.96. The van der Waals surface area contributed by atoms with E-state index in [4.69, 9.17) is 4.52 Å². The summed E-state index contributed by atoms with van der Waals surface area (Å²) in [5.74, 6) is 0.731. The van der Waals surface area contributed by atoms with E-state index in [1.54, 1.807) is 11.9 Å². The van der Waals surface area contributed by atoms with Crippen molar-refractivity contribution in [1.29, 1.82) is 0 Å². The van der Waals surface area contributed by atoms with E-state index in [1.165, 1.54) is 0 Å². The number of hydrogen-bond acceptors (Lipinski definition) is 4. The van der Waals surface area contributed by atoms with Gasteiger partial charge in [0, 0.05) is 39.3 Å².